The SMILES string of the molecule is CSC#CCCSSCCC#CSC. The molecule has 0 saturated heterocycles. The molecule has 0 spiro atoms. The molecule has 0 aromatic carbocycles. The van der Waals surface area contributed by atoms with Crippen LogP contribution in [0.5, 0.6) is 0 Å². The molecule has 0 N–H and O–H groups in total. The lowest BCUT2D eigenvalue weighted by Gasteiger charge is -1.93. The molecule has 0 fully saturated rings. The summed E-state index contributed by atoms with van der Waals surface area (Å²) in [6.45, 7) is 0. The quantitative estimate of drug-likeness (QED) is 0.420. The Morgan fingerprint density at radius 1 is 0.786 bits per heavy atom. The minimum atomic E-state index is 0.995. The van der Waals surface area contributed by atoms with Crippen molar-refractivity contribution >= 4 is 45.1 Å². The second kappa shape index (κ2) is 13.5. The van der Waals surface area contributed by atoms with Gasteiger partial charge in [-0.1, -0.05) is 57.0 Å². The van der Waals surface area contributed by atoms with E-state index in [-0.39, 0.29) is 0 Å². The van der Waals surface area contributed by atoms with Crippen molar-refractivity contribution < 1.29 is 0 Å². The first-order valence-corrected chi connectivity index (χ1v) is 9.11. The molecule has 0 nitrogen and oxygen atoms in total. The second-order valence-electron chi connectivity index (χ2n) is 2.11. The van der Waals surface area contributed by atoms with Gasteiger partial charge in [0.25, 0.3) is 0 Å². The summed E-state index contributed by atoms with van der Waals surface area (Å²) in [5.41, 5.74) is 0. The summed E-state index contributed by atoms with van der Waals surface area (Å²) in [5, 5.41) is 5.97. The molecule has 0 aliphatic heterocycles. The van der Waals surface area contributed by atoms with E-state index < -0.39 is 0 Å². The van der Waals surface area contributed by atoms with Crippen LogP contribution in [0.15, 0.2) is 0 Å². The summed E-state index contributed by atoms with van der Waals surface area (Å²) in [5.74, 6) is 8.43. The minimum Gasteiger partial charge on any atom is -0.0931 e. The van der Waals surface area contributed by atoms with E-state index in [9.17, 15) is 0 Å². The van der Waals surface area contributed by atoms with E-state index in [4.69, 9.17) is 0 Å². The number of rotatable bonds is 5. The molecule has 0 radical (unpaired) electrons. The molecule has 0 atom stereocenters. The summed E-state index contributed by atoms with van der Waals surface area (Å²) < 4.78 is 0. The molecular weight excluding hydrogens is 248 g/mol. The maximum Gasteiger partial charge on any atom is 0.0197 e. The zero-order valence-electron chi connectivity index (χ0n) is 8.46. The van der Waals surface area contributed by atoms with Gasteiger partial charge in [0.1, 0.15) is 0 Å². The maximum absolute atomic E-state index is 3.09. The summed E-state index contributed by atoms with van der Waals surface area (Å²) in [6.07, 6.45) is 5.99. The predicted octanol–water partition coefficient (Wildman–Crippen LogP) is 3.80. The van der Waals surface area contributed by atoms with Gasteiger partial charge in [-0.2, -0.15) is 0 Å². The third kappa shape index (κ3) is 12.5. The summed E-state index contributed by atoms with van der Waals surface area (Å²) in [6, 6.07) is 0. The van der Waals surface area contributed by atoms with E-state index >= 15 is 0 Å². The lowest BCUT2D eigenvalue weighted by atomic mass is 10.5. The van der Waals surface area contributed by atoms with Gasteiger partial charge in [-0.3, -0.25) is 0 Å². The molecule has 0 heterocycles. The summed E-state index contributed by atoms with van der Waals surface area (Å²) >= 11 is 3.16. The Labute approximate surface area is 104 Å². The van der Waals surface area contributed by atoms with E-state index in [2.05, 4.69) is 22.3 Å². The molecule has 14 heavy (non-hydrogen) atoms. The Kier molecular flexibility index (Phi) is 14.0. The van der Waals surface area contributed by atoms with Gasteiger partial charge >= 0.3 is 0 Å². The van der Waals surface area contributed by atoms with Gasteiger partial charge in [0.2, 0.25) is 0 Å². The summed E-state index contributed by atoms with van der Waals surface area (Å²) in [7, 11) is 3.78. The monoisotopic (exact) mass is 262 g/mol. The van der Waals surface area contributed by atoms with Crippen molar-refractivity contribution in [2.24, 2.45) is 0 Å². The third-order valence-electron chi connectivity index (χ3n) is 1.05. The molecule has 0 bridgehead atoms. The molecule has 0 saturated carbocycles. The molecule has 4 heteroatoms. The lowest BCUT2D eigenvalue weighted by molar-refractivity contribution is 1.30. The van der Waals surface area contributed by atoms with Crippen LogP contribution >= 0.6 is 45.1 Å². The molecule has 0 aromatic heterocycles. The summed E-state index contributed by atoms with van der Waals surface area (Å²) in [4.78, 5) is 0. The molecule has 0 amide bonds. The Hall–Kier alpha value is 0.520. The van der Waals surface area contributed by atoms with E-state index in [0.717, 1.165) is 24.3 Å². The van der Waals surface area contributed by atoms with Crippen molar-refractivity contribution in [2.45, 2.75) is 12.8 Å². The van der Waals surface area contributed by atoms with Crippen LogP contribution in [0.2, 0.25) is 0 Å². The van der Waals surface area contributed by atoms with Crippen molar-refractivity contribution in [2.75, 3.05) is 24.0 Å². The van der Waals surface area contributed by atoms with Crippen LogP contribution in [0, 0.1) is 22.3 Å². The average molecular weight is 262 g/mol. The average Bonchev–Trinajstić information content (AvgIpc) is 2.21. The van der Waals surface area contributed by atoms with Crippen LogP contribution in [0.1, 0.15) is 12.8 Å². The lowest BCUT2D eigenvalue weighted by Crippen LogP contribution is -1.75. The number of hydrogen-bond donors (Lipinski definition) is 0. The van der Waals surface area contributed by atoms with Crippen molar-refractivity contribution in [3.8, 4) is 22.3 Å². The van der Waals surface area contributed by atoms with E-state index in [1.54, 1.807) is 23.5 Å². The fraction of sp³-hybridized carbons (Fsp3) is 0.600. The molecule has 0 aliphatic carbocycles. The molecule has 0 rings (SSSR count). The number of thioether (sulfide) groups is 2. The van der Waals surface area contributed by atoms with E-state index in [1.807, 2.05) is 34.1 Å². The fourth-order valence-electron chi connectivity index (χ4n) is 0.550. The van der Waals surface area contributed by atoms with Gasteiger partial charge in [-0.05, 0) is 23.0 Å². The fourth-order valence-corrected chi connectivity index (χ4v) is 2.86. The highest BCUT2D eigenvalue weighted by Gasteiger charge is 1.87. The van der Waals surface area contributed by atoms with Crippen LogP contribution in [0.4, 0.5) is 0 Å². The van der Waals surface area contributed by atoms with Crippen molar-refractivity contribution in [1.82, 2.24) is 0 Å². The maximum atomic E-state index is 3.09. The Bertz CT molecular complexity index is 202. The standard InChI is InChI=1S/C10H14S4/c1-11-7-3-5-9-13-14-10-6-4-8-12-2/h5-6,9-10H2,1-2H3. The zero-order valence-corrected chi connectivity index (χ0v) is 11.7. The van der Waals surface area contributed by atoms with Crippen LogP contribution in [-0.2, 0) is 0 Å². The van der Waals surface area contributed by atoms with Gasteiger partial charge in [-0.25, -0.2) is 0 Å². The third-order valence-corrected chi connectivity index (χ3v) is 4.16. The highest BCUT2D eigenvalue weighted by molar-refractivity contribution is 8.76. The van der Waals surface area contributed by atoms with Gasteiger partial charge in [0.15, 0.2) is 0 Å². The van der Waals surface area contributed by atoms with Crippen molar-refractivity contribution in [3.05, 3.63) is 0 Å². The van der Waals surface area contributed by atoms with Crippen molar-refractivity contribution in [1.29, 1.82) is 0 Å². The molecule has 0 unspecified atom stereocenters. The van der Waals surface area contributed by atoms with Gasteiger partial charge in [0.05, 0.1) is 0 Å². The molecule has 78 valence electrons. The molecule has 0 aliphatic rings. The van der Waals surface area contributed by atoms with E-state index in [1.165, 1.54) is 0 Å². The van der Waals surface area contributed by atoms with Crippen LogP contribution < -0.4 is 0 Å². The first-order valence-electron chi connectivity index (χ1n) is 4.18. The van der Waals surface area contributed by atoms with Gasteiger partial charge in [-0.15, -0.1) is 0 Å². The normalized spacial score (nSPS) is 8.43. The Morgan fingerprint density at radius 3 is 1.57 bits per heavy atom. The largest absolute Gasteiger partial charge is 0.0931 e. The van der Waals surface area contributed by atoms with Crippen molar-refractivity contribution in [3.63, 3.8) is 0 Å². The highest BCUT2D eigenvalue weighted by Crippen LogP contribution is 2.22. The molecular formula is C10H14S4. The molecule has 0 aromatic rings. The van der Waals surface area contributed by atoms with Crippen LogP contribution in [-0.4, -0.2) is 24.0 Å². The van der Waals surface area contributed by atoms with E-state index in [0.29, 0.717) is 0 Å². The van der Waals surface area contributed by atoms with Crippen LogP contribution in [0.25, 0.3) is 0 Å². The first kappa shape index (κ1) is 14.5. The smallest absolute Gasteiger partial charge is 0.0197 e. The minimum absolute atomic E-state index is 0.995. The number of hydrogen-bond acceptors (Lipinski definition) is 4. The Morgan fingerprint density at radius 2 is 1.21 bits per heavy atom. The topological polar surface area (TPSA) is 0 Å². The van der Waals surface area contributed by atoms with Gasteiger partial charge in [0, 0.05) is 24.3 Å². The predicted molar refractivity (Wildman–Crippen MR) is 76.7 cm³/mol. The second-order valence-corrected chi connectivity index (χ2v) is 6.04. The Balaban J connectivity index is 3.06. The highest BCUT2D eigenvalue weighted by atomic mass is 33.1. The first-order chi connectivity index (χ1) is 6.91. The zero-order chi connectivity index (χ0) is 10.5. The van der Waals surface area contributed by atoms with Crippen LogP contribution in [0.3, 0.4) is 0 Å². The van der Waals surface area contributed by atoms with Gasteiger partial charge < -0.3 is 0 Å².